The highest BCUT2D eigenvalue weighted by Gasteiger charge is 2.37. The maximum Gasteiger partial charge on any atom is 0.253 e. The Morgan fingerprint density at radius 1 is 1.42 bits per heavy atom. The third-order valence-corrected chi connectivity index (χ3v) is 4.80. The third kappa shape index (κ3) is 3.53. The number of carbonyl (C=O) groups is 2. The Balaban J connectivity index is 1.76. The standard InChI is InChI=1S/C17H18ClN3O3/c18-12-4-3-10(9-19)8-11(12)17(23)20-13-5-6-15(22)21-16(13)14-2-1-7-24-14/h3-4,8,13-14,16H,1-2,5-7H2,(H,20,23)(H,21,22)/t13-,14?,16-/m0/s1. The Bertz CT molecular complexity index is 695. The number of hydrogen-bond donors (Lipinski definition) is 2. The number of rotatable bonds is 3. The summed E-state index contributed by atoms with van der Waals surface area (Å²) in [7, 11) is 0. The van der Waals surface area contributed by atoms with Crippen LogP contribution in [0.15, 0.2) is 18.2 Å². The molecule has 1 aromatic carbocycles. The number of hydrogen-bond acceptors (Lipinski definition) is 4. The van der Waals surface area contributed by atoms with E-state index in [4.69, 9.17) is 21.6 Å². The van der Waals surface area contributed by atoms with Crippen molar-refractivity contribution in [2.24, 2.45) is 0 Å². The number of nitrogens with one attached hydrogen (secondary N) is 2. The van der Waals surface area contributed by atoms with E-state index in [2.05, 4.69) is 10.6 Å². The second-order valence-electron chi connectivity index (χ2n) is 6.07. The van der Waals surface area contributed by atoms with E-state index in [1.165, 1.54) is 12.1 Å². The van der Waals surface area contributed by atoms with E-state index in [1.54, 1.807) is 6.07 Å². The van der Waals surface area contributed by atoms with Crippen molar-refractivity contribution in [2.45, 2.75) is 43.9 Å². The molecule has 0 aliphatic carbocycles. The van der Waals surface area contributed by atoms with Crippen LogP contribution in [0.2, 0.25) is 5.02 Å². The Morgan fingerprint density at radius 2 is 2.25 bits per heavy atom. The van der Waals surface area contributed by atoms with Gasteiger partial charge in [-0.3, -0.25) is 9.59 Å². The molecule has 2 aliphatic rings. The number of benzene rings is 1. The molecular formula is C17H18ClN3O3. The molecule has 6 nitrogen and oxygen atoms in total. The van der Waals surface area contributed by atoms with Crippen LogP contribution in [-0.2, 0) is 9.53 Å². The third-order valence-electron chi connectivity index (χ3n) is 4.47. The van der Waals surface area contributed by atoms with E-state index >= 15 is 0 Å². The lowest BCUT2D eigenvalue weighted by Crippen LogP contribution is -2.60. The first-order valence-electron chi connectivity index (χ1n) is 8.00. The van der Waals surface area contributed by atoms with Crippen molar-refractivity contribution < 1.29 is 14.3 Å². The molecule has 3 rings (SSSR count). The fraction of sp³-hybridized carbons (Fsp3) is 0.471. The largest absolute Gasteiger partial charge is 0.376 e. The van der Waals surface area contributed by atoms with Gasteiger partial charge in [-0.1, -0.05) is 11.6 Å². The van der Waals surface area contributed by atoms with Crippen LogP contribution in [0, 0.1) is 11.3 Å². The van der Waals surface area contributed by atoms with Gasteiger partial charge in [0, 0.05) is 13.0 Å². The lowest BCUT2D eigenvalue weighted by molar-refractivity contribution is -0.125. The molecule has 126 valence electrons. The monoisotopic (exact) mass is 347 g/mol. The normalized spacial score (nSPS) is 26.5. The molecule has 2 heterocycles. The summed E-state index contributed by atoms with van der Waals surface area (Å²) in [6, 6.07) is 6.11. The van der Waals surface area contributed by atoms with Crippen molar-refractivity contribution in [1.82, 2.24) is 10.6 Å². The van der Waals surface area contributed by atoms with Crippen LogP contribution in [0.3, 0.4) is 0 Å². The van der Waals surface area contributed by atoms with Gasteiger partial charge in [0.2, 0.25) is 5.91 Å². The molecule has 24 heavy (non-hydrogen) atoms. The number of ether oxygens (including phenoxy) is 1. The first-order valence-corrected chi connectivity index (χ1v) is 8.38. The fourth-order valence-corrected chi connectivity index (χ4v) is 3.44. The molecule has 0 bridgehead atoms. The molecule has 2 fully saturated rings. The summed E-state index contributed by atoms with van der Waals surface area (Å²) >= 11 is 6.09. The zero-order valence-corrected chi connectivity index (χ0v) is 13.8. The van der Waals surface area contributed by atoms with E-state index in [0.29, 0.717) is 30.0 Å². The molecule has 1 unspecified atom stereocenters. The van der Waals surface area contributed by atoms with Crippen molar-refractivity contribution in [3.8, 4) is 6.07 Å². The summed E-state index contributed by atoms with van der Waals surface area (Å²) in [5.74, 6) is -0.369. The van der Waals surface area contributed by atoms with Crippen LogP contribution >= 0.6 is 11.6 Å². The van der Waals surface area contributed by atoms with Crippen LogP contribution in [0.1, 0.15) is 41.6 Å². The second kappa shape index (κ2) is 7.20. The number of piperidine rings is 1. The molecule has 3 atom stereocenters. The highest BCUT2D eigenvalue weighted by atomic mass is 35.5. The van der Waals surface area contributed by atoms with E-state index < -0.39 is 0 Å². The minimum atomic E-state index is -0.346. The van der Waals surface area contributed by atoms with Gasteiger partial charge in [-0.25, -0.2) is 0 Å². The van der Waals surface area contributed by atoms with Crippen molar-refractivity contribution in [3.63, 3.8) is 0 Å². The Hall–Kier alpha value is -2.10. The topological polar surface area (TPSA) is 91.2 Å². The van der Waals surface area contributed by atoms with Gasteiger partial charge in [0.25, 0.3) is 5.91 Å². The van der Waals surface area contributed by atoms with Crippen LogP contribution < -0.4 is 10.6 Å². The Kier molecular flexibility index (Phi) is 5.03. The van der Waals surface area contributed by atoms with Crippen LogP contribution in [-0.4, -0.2) is 36.6 Å². The highest BCUT2D eigenvalue weighted by Crippen LogP contribution is 2.24. The molecular weight excluding hydrogens is 330 g/mol. The molecule has 0 saturated carbocycles. The van der Waals surface area contributed by atoms with Gasteiger partial charge in [-0.15, -0.1) is 0 Å². The minimum Gasteiger partial charge on any atom is -0.376 e. The molecule has 2 N–H and O–H groups in total. The zero-order chi connectivity index (χ0) is 17.1. The van der Waals surface area contributed by atoms with E-state index in [0.717, 1.165) is 12.8 Å². The van der Waals surface area contributed by atoms with Gasteiger partial charge >= 0.3 is 0 Å². The summed E-state index contributed by atoms with van der Waals surface area (Å²) in [6.07, 6.45) is 2.65. The maximum atomic E-state index is 12.6. The van der Waals surface area contributed by atoms with E-state index in [9.17, 15) is 9.59 Å². The Labute approximate surface area is 145 Å². The number of carbonyl (C=O) groups excluding carboxylic acids is 2. The van der Waals surface area contributed by atoms with Gasteiger partial charge in [0.1, 0.15) is 0 Å². The van der Waals surface area contributed by atoms with Crippen molar-refractivity contribution in [3.05, 3.63) is 34.3 Å². The first kappa shape index (κ1) is 16.7. The molecule has 0 spiro atoms. The lowest BCUT2D eigenvalue weighted by atomic mass is 9.92. The number of nitriles is 1. The minimum absolute atomic E-state index is 0.0227. The number of amides is 2. The Morgan fingerprint density at radius 3 is 2.96 bits per heavy atom. The SMILES string of the molecule is N#Cc1ccc(Cl)c(C(=O)N[C@H]2CCC(=O)N[C@@H]2C2CCCO2)c1. The smallest absolute Gasteiger partial charge is 0.253 e. The van der Waals surface area contributed by atoms with Crippen LogP contribution in [0.4, 0.5) is 0 Å². The average Bonchev–Trinajstić information content (AvgIpc) is 3.11. The summed E-state index contributed by atoms with van der Waals surface area (Å²) in [6.45, 7) is 0.674. The van der Waals surface area contributed by atoms with Gasteiger partial charge in [0.05, 0.1) is 40.4 Å². The molecule has 2 saturated heterocycles. The first-order chi connectivity index (χ1) is 11.6. The van der Waals surface area contributed by atoms with E-state index in [-0.39, 0.29) is 35.6 Å². The van der Waals surface area contributed by atoms with Gasteiger partial charge < -0.3 is 15.4 Å². The number of halogens is 1. The lowest BCUT2D eigenvalue weighted by Gasteiger charge is -2.36. The highest BCUT2D eigenvalue weighted by molar-refractivity contribution is 6.33. The zero-order valence-electron chi connectivity index (χ0n) is 13.0. The summed E-state index contributed by atoms with van der Waals surface area (Å²) < 4.78 is 5.68. The van der Waals surface area contributed by atoms with Crippen molar-refractivity contribution in [2.75, 3.05) is 6.61 Å². The number of nitrogens with zero attached hydrogens (tertiary/aromatic N) is 1. The van der Waals surface area contributed by atoms with Gasteiger partial charge in [-0.2, -0.15) is 5.26 Å². The summed E-state index contributed by atoms with van der Waals surface area (Å²) in [4.78, 5) is 24.3. The molecule has 2 amide bonds. The van der Waals surface area contributed by atoms with Crippen molar-refractivity contribution >= 4 is 23.4 Å². The quantitative estimate of drug-likeness (QED) is 0.871. The summed E-state index contributed by atoms with van der Waals surface area (Å²) in [5, 5.41) is 15.2. The molecule has 0 radical (unpaired) electrons. The predicted molar refractivity (Wildman–Crippen MR) is 87.6 cm³/mol. The molecule has 1 aromatic rings. The van der Waals surface area contributed by atoms with Crippen molar-refractivity contribution in [1.29, 1.82) is 5.26 Å². The van der Waals surface area contributed by atoms with Gasteiger partial charge in [-0.05, 0) is 37.5 Å². The summed E-state index contributed by atoms with van der Waals surface area (Å²) in [5.41, 5.74) is 0.635. The molecule has 0 aromatic heterocycles. The predicted octanol–water partition coefficient (Wildman–Crippen LogP) is 1.77. The fourth-order valence-electron chi connectivity index (χ4n) is 3.24. The molecule has 2 aliphatic heterocycles. The average molecular weight is 348 g/mol. The van der Waals surface area contributed by atoms with Crippen LogP contribution in [0.5, 0.6) is 0 Å². The maximum absolute atomic E-state index is 12.6. The van der Waals surface area contributed by atoms with Crippen LogP contribution in [0.25, 0.3) is 0 Å². The van der Waals surface area contributed by atoms with E-state index in [1.807, 2.05) is 6.07 Å². The van der Waals surface area contributed by atoms with Gasteiger partial charge in [0.15, 0.2) is 0 Å². The second-order valence-corrected chi connectivity index (χ2v) is 6.48. The molecule has 7 heteroatoms.